The van der Waals surface area contributed by atoms with Gasteiger partial charge in [0, 0.05) is 29.9 Å². The van der Waals surface area contributed by atoms with Crippen LogP contribution in [0, 0.1) is 0 Å². The summed E-state index contributed by atoms with van der Waals surface area (Å²) in [5.74, 6) is 2.33. The van der Waals surface area contributed by atoms with Crippen LogP contribution in [0.3, 0.4) is 0 Å². The fourth-order valence-electron chi connectivity index (χ4n) is 2.66. The molecule has 0 aliphatic carbocycles. The second-order valence-electron chi connectivity index (χ2n) is 5.57. The number of nitrogens with one attached hydrogen (secondary N) is 1. The third kappa shape index (κ3) is 2.58. The van der Waals surface area contributed by atoms with Crippen LogP contribution >= 0.6 is 11.6 Å². The van der Waals surface area contributed by atoms with Gasteiger partial charge in [-0.05, 0) is 17.7 Å². The summed E-state index contributed by atoms with van der Waals surface area (Å²) in [4.78, 5) is 4.54. The Kier molecular flexibility index (Phi) is 3.76. The van der Waals surface area contributed by atoms with Crippen LogP contribution in [0.1, 0.15) is 48.9 Å². The molecule has 0 bridgehead atoms. The van der Waals surface area contributed by atoms with Crippen molar-refractivity contribution in [3.63, 3.8) is 0 Å². The molecule has 1 aliphatic rings. The van der Waals surface area contributed by atoms with E-state index in [1.54, 1.807) is 0 Å². The lowest BCUT2D eigenvalue weighted by Gasteiger charge is -2.15. The van der Waals surface area contributed by atoms with Gasteiger partial charge in [0.1, 0.15) is 0 Å². The van der Waals surface area contributed by atoms with Crippen molar-refractivity contribution in [2.45, 2.75) is 31.6 Å². The number of halogens is 1. The molecule has 1 aromatic heterocycles. The predicted octanol–water partition coefficient (Wildman–Crippen LogP) is 3.32. The molecule has 0 radical (unpaired) electrons. The maximum absolute atomic E-state index is 6.09. The van der Waals surface area contributed by atoms with E-state index >= 15 is 0 Å². The molecule has 1 fully saturated rings. The topological polar surface area (TPSA) is 51.0 Å². The van der Waals surface area contributed by atoms with Crippen molar-refractivity contribution < 1.29 is 4.52 Å². The van der Waals surface area contributed by atoms with Crippen molar-refractivity contribution in [2.75, 3.05) is 13.1 Å². The van der Waals surface area contributed by atoms with Gasteiger partial charge >= 0.3 is 0 Å². The molecule has 3 rings (SSSR count). The molecule has 2 heterocycles. The largest absolute Gasteiger partial charge is 0.339 e. The third-order valence-electron chi connectivity index (χ3n) is 3.78. The lowest BCUT2D eigenvalue weighted by molar-refractivity contribution is 0.346. The van der Waals surface area contributed by atoms with Crippen LogP contribution in [0.15, 0.2) is 28.8 Å². The highest BCUT2D eigenvalue weighted by molar-refractivity contribution is 6.30. The summed E-state index contributed by atoms with van der Waals surface area (Å²) in [6, 6.07) is 8.01. The van der Waals surface area contributed by atoms with Crippen molar-refractivity contribution >= 4 is 11.6 Å². The number of hydrogen-bond donors (Lipinski definition) is 1. The van der Waals surface area contributed by atoms with E-state index in [0.29, 0.717) is 5.92 Å². The molecule has 4 nitrogen and oxygen atoms in total. The van der Waals surface area contributed by atoms with Crippen LogP contribution in [0.4, 0.5) is 0 Å². The molecule has 0 saturated carbocycles. The van der Waals surface area contributed by atoms with Crippen LogP contribution < -0.4 is 5.32 Å². The summed E-state index contributed by atoms with van der Waals surface area (Å²) in [6.07, 6.45) is 0. The lowest BCUT2D eigenvalue weighted by Crippen LogP contribution is -2.09. The van der Waals surface area contributed by atoms with E-state index in [1.807, 2.05) is 18.2 Å². The van der Waals surface area contributed by atoms with Gasteiger partial charge in [0.05, 0.1) is 5.92 Å². The Morgan fingerprint density at radius 1 is 1.30 bits per heavy atom. The van der Waals surface area contributed by atoms with Crippen molar-refractivity contribution in [2.24, 2.45) is 0 Å². The molecule has 1 saturated heterocycles. The predicted molar refractivity (Wildman–Crippen MR) is 78.2 cm³/mol. The number of benzene rings is 1. The second kappa shape index (κ2) is 5.54. The molecular formula is C15H18ClN3O. The van der Waals surface area contributed by atoms with Crippen molar-refractivity contribution in [1.82, 2.24) is 15.5 Å². The van der Waals surface area contributed by atoms with Crippen LogP contribution in [0.5, 0.6) is 0 Å². The van der Waals surface area contributed by atoms with Gasteiger partial charge in [0.25, 0.3) is 0 Å². The SMILES string of the molecule is CC(C)c1noc(C2CNCC2c2cccc(Cl)c2)n1. The van der Waals surface area contributed by atoms with Crippen molar-refractivity contribution in [3.05, 3.63) is 46.6 Å². The van der Waals surface area contributed by atoms with Gasteiger partial charge in [0.2, 0.25) is 5.89 Å². The molecule has 20 heavy (non-hydrogen) atoms. The fourth-order valence-corrected chi connectivity index (χ4v) is 2.86. The third-order valence-corrected chi connectivity index (χ3v) is 4.02. The fraction of sp³-hybridized carbons (Fsp3) is 0.467. The smallest absolute Gasteiger partial charge is 0.231 e. The molecule has 106 valence electrons. The highest BCUT2D eigenvalue weighted by atomic mass is 35.5. The molecular weight excluding hydrogens is 274 g/mol. The lowest BCUT2D eigenvalue weighted by atomic mass is 9.89. The monoisotopic (exact) mass is 291 g/mol. The molecule has 1 aromatic carbocycles. The summed E-state index contributed by atoms with van der Waals surface area (Å²) in [6.45, 7) is 5.90. The van der Waals surface area contributed by atoms with E-state index in [4.69, 9.17) is 16.1 Å². The first-order chi connectivity index (χ1) is 9.65. The second-order valence-corrected chi connectivity index (χ2v) is 6.01. The number of hydrogen-bond acceptors (Lipinski definition) is 4. The summed E-state index contributed by atoms with van der Waals surface area (Å²) >= 11 is 6.09. The van der Waals surface area contributed by atoms with E-state index in [0.717, 1.165) is 29.8 Å². The average Bonchev–Trinajstić information content (AvgIpc) is 3.07. The Bertz CT molecular complexity index is 596. The zero-order valence-electron chi connectivity index (χ0n) is 11.6. The van der Waals surface area contributed by atoms with E-state index in [-0.39, 0.29) is 11.8 Å². The number of aromatic nitrogens is 2. The highest BCUT2D eigenvalue weighted by Crippen LogP contribution is 2.36. The minimum Gasteiger partial charge on any atom is -0.339 e. The summed E-state index contributed by atoms with van der Waals surface area (Å²) in [5.41, 5.74) is 1.22. The zero-order chi connectivity index (χ0) is 14.1. The molecule has 0 spiro atoms. The molecule has 1 N–H and O–H groups in total. The number of rotatable bonds is 3. The van der Waals surface area contributed by atoms with Gasteiger partial charge in [-0.2, -0.15) is 4.98 Å². The van der Waals surface area contributed by atoms with Crippen molar-refractivity contribution in [1.29, 1.82) is 0 Å². The molecule has 1 aliphatic heterocycles. The zero-order valence-corrected chi connectivity index (χ0v) is 12.4. The summed E-state index contributed by atoms with van der Waals surface area (Å²) < 4.78 is 5.46. The average molecular weight is 292 g/mol. The molecule has 0 amide bonds. The molecule has 2 atom stereocenters. The Morgan fingerprint density at radius 2 is 2.10 bits per heavy atom. The van der Waals surface area contributed by atoms with Crippen LogP contribution in [-0.4, -0.2) is 23.2 Å². The maximum Gasteiger partial charge on any atom is 0.231 e. The molecule has 5 heteroatoms. The van der Waals surface area contributed by atoms with Gasteiger partial charge in [-0.1, -0.05) is 42.7 Å². The van der Waals surface area contributed by atoms with Crippen LogP contribution in [0.25, 0.3) is 0 Å². The molecule has 2 unspecified atom stereocenters. The minimum absolute atomic E-state index is 0.216. The summed E-state index contributed by atoms with van der Waals surface area (Å²) in [7, 11) is 0. The summed E-state index contributed by atoms with van der Waals surface area (Å²) in [5, 5.41) is 8.24. The van der Waals surface area contributed by atoms with E-state index in [1.165, 1.54) is 5.56 Å². The van der Waals surface area contributed by atoms with Gasteiger partial charge in [-0.25, -0.2) is 0 Å². The highest BCUT2D eigenvalue weighted by Gasteiger charge is 2.34. The van der Waals surface area contributed by atoms with E-state index < -0.39 is 0 Å². The van der Waals surface area contributed by atoms with E-state index in [2.05, 4.69) is 35.4 Å². The maximum atomic E-state index is 6.09. The number of nitrogens with zero attached hydrogens (tertiary/aromatic N) is 2. The standard InChI is InChI=1S/C15H18ClN3O/c1-9(2)14-18-15(20-19-14)13-8-17-7-12(13)10-4-3-5-11(16)6-10/h3-6,9,12-13,17H,7-8H2,1-2H3. The van der Waals surface area contributed by atoms with E-state index in [9.17, 15) is 0 Å². The Hall–Kier alpha value is -1.39. The van der Waals surface area contributed by atoms with Gasteiger partial charge in [0.15, 0.2) is 5.82 Å². The Morgan fingerprint density at radius 3 is 2.80 bits per heavy atom. The van der Waals surface area contributed by atoms with Crippen LogP contribution in [-0.2, 0) is 0 Å². The van der Waals surface area contributed by atoms with Gasteiger partial charge in [-0.15, -0.1) is 0 Å². The first kappa shape index (κ1) is 13.6. The minimum atomic E-state index is 0.216. The normalized spacial score (nSPS) is 22.6. The van der Waals surface area contributed by atoms with Gasteiger partial charge < -0.3 is 9.84 Å². The first-order valence-electron chi connectivity index (χ1n) is 6.95. The quantitative estimate of drug-likeness (QED) is 0.942. The van der Waals surface area contributed by atoms with Crippen molar-refractivity contribution in [3.8, 4) is 0 Å². The van der Waals surface area contributed by atoms with Gasteiger partial charge in [-0.3, -0.25) is 0 Å². The Balaban J connectivity index is 1.88. The first-order valence-corrected chi connectivity index (χ1v) is 7.32. The Labute approximate surface area is 123 Å². The van der Waals surface area contributed by atoms with Crippen LogP contribution in [0.2, 0.25) is 5.02 Å². The molecule has 2 aromatic rings.